The third kappa shape index (κ3) is 1.90. The number of hydrogen-bond acceptors (Lipinski definition) is 3. The van der Waals surface area contributed by atoms with Gasteiger partial charge in [-0.1, -0.05) is 32.0 Å². The van der Waals surface area contributed by atoms with Gasteiger partial charge in [-0.15, -0.1) is 0 Å². The average molecular weight is 303 g/mol. The van der Waals surface area contributed by atoms with Crippen molar-refractivity contribution in [3.05, 3.63) is 29.8 Å². The maximum atomic E-state index is 12.8. The summed E-state index contributed by atoms with van der Waals surface area (Å²) < 4.78 is 0. The minimum Gasteiger partial charge on any atom is -0.481 e. The van der Waals surface area contributed by atoms with Crippen LogP contribution in [0.15, 0.2) is 24.3 Å². The summed E-state index contributed by atoms with van der Waals surface area (Å²) in [5, 5.41) is 18.6. The molecular weight excluding hydrogens is 286 g/mol. The van der Waals surface area contributed by atoms with Crippen LogP contribution >= 0.6 is 0 Å². The highest BCUT2D eigenvalue weighted by atomic mass is 16.4. The van der Waals surface area contributed by atoms with E-state index in [0.717, 1.165) is 5.56 Å². The van der Waals surface area contributed by atoms with Crippen molar-refractivity contribution in [3.63, 3.8) is 0 Å². The molecule has 1 aromatic rings. The maximum absolute atomic E-state index is 12.8. The molecule has 0 spiro atoms. The third-order valence-electron chi connectivity index (χ3n) is 4.86. The lowest BCUT2D eigenvalue weighted by Gasteiger charge is -2.23. The second-order valence-electron chi connectivity index (χ2n) is 6.51. The van der Waals surface area contributed by atoms with E-state index in [-0.39, 0.29) is 6.42 Å². The lowest BCUT2D eigenvalue weighted by atomic mass is 10.1. The maximum Gasteiger partial charge on any atom is 0.327 e. The Morgan fingerprint density at radius 3 is 2.27 bits per heavy atom. The molecule has 1 aliphatic carbocycles. The zero-order chi connectivity index (χ0) is 16.2. The molecule has 1 aromatic carbocycles. The van der Waals surface area contributed by atoms with Crippen LogP contribution in [-0.2, 0) is 20.8 Å². The molecule has 1 saturated carbocycles. The van der Waals surface area contributed by atoms with Gasteiger partial charge in [-0.2, -0.15) is 0 Å². The van der Waals surface area contributed by atoms with Gasteiger partial charge in [0.05, 0.1) is 11.8 Å². The van der Waals surface area contributed by atoms with Crippen LogP contribution in [0.4, 0.5) is 5.69 Å². The summed E-state index contributed by atoms with van der Waals surface area (Å²) in [7, 11) is 0. The number of benzene rings is 1. The Hall–Kier alpha value is -2.37. The third-order valence-corrected chi connectivity index (χ3v) is 4.86. The van der Waals surface area contributed by atoms with Gasteiger partial charge in [0.25, 0.3) is 0 Å². The smallest absolute Gasteiger partial charge is 0.327 e. The zero-order valence-electron chi connectivity index (χ0n) is 12.3. The zero-order valence-corrected chi connectivity index (χ0v) is 12.3. The fourth-order valence-electron chi connectivity index (χ4n) is 3.57. The van der Waals surface area contributed by atoms with Crippen molar-refractivity contribution in [3.8, 4) is 0 Å². The van der Waals surface area contributed by atoms with E-state index in [1.54, 1.807) is 38.1 Å². The summed E-state index contributed by atoms with van der Waals surface area (Å²) in [6.45, 7) is 3.46. The molecule has 3 atom stereocenters. The molecule has 0 bridgehead atoms. The number of amides is 1. The molecule has 2 N–H and O–H groups in total. The number of carboxylic acid groups (broad SMARTS) is 2. The first-order valence-electron chi connectivity index (χ1n) is 7.13. The standard InChI is InChI=1S/C16H17NO5/c1-16(2)11(12(16)15(21)22)13(18)17-9-6-4-3-5-8(9)7-10(17)14(19)20/h3-6,10-12H,7H2,1-2H3,(H,19,20)(H,21,22)/t10-,11-,12+/m0/s1. The Kier molecular flexibility index (Phi) is 3.02. The van der Waals surface area contributed by atoms with Crippen molar-refractivity contribution >= 4 is 23.5 Å². The average Bonchev–Trinajstić information content (AvgIpc) is 2.84. The van der Waals surface area contributed by atoms with E-state index in [1.807, 2.05) is 0 Å². The van der Waals surface area contributed by atoms with E-state index in [4.69, 9.17) is 0 Å². The van der Waals surface area contributed by atoms with E-state index < -0.39 is 41.1 Å². The Morgan fingerprint density at radius 2 is 1.73 bits per heavy atom. The van der Waals surface area contributed by atoms with Gasteiger partial charge < -0.3 is 10.2 Å². The Morgan fingerprint density at radius 1 is 1.09 bits per heavy atom. The number of carbonyl (C=O) groups excluding carboxylic acids is 1. The lowest BCUT2D eigenvalue weighted by Crippen LogP contribution is -2.44. The summed E-state index contributed by atoms with van der Waals surface area (Å²) in [6.07, 6.45) is 0.252. The number of carboxylic acids is 2. The number of carbonyl (C=O) groups is 3. The van der Waals surface area contributed by atoms with Crippen molar-refractivity contribution in [2.45, 2.75) is 26.3 Å². The molecule has 1 aliphatic heterocycles. The highest BCUT2D eigenvalue weighted by Gasteiger charge is 2.67. The van der Waals surface area contributed by atoms with Crippen LogP contribution in [0, 0.1) is 17.3 Å². The normalized spacial score (nSPS) is 28.1. The summed E-state index contributed by atoms with van der Waals surface area (Å²) in [5.74, 6) is -3.94. The molecule has 6 nitrogen and oxygen atoms in total. The Balaban J connectivity index is 1.97. The van der Waals surface area contributed by atoms with E-state index in [2.05, 4.69) is 0 Å². The number of fused-ring (bicyclic) bond motifs is 1. The minimum atomic E-state index is -1.07. The van der Waals surface area contributed by atoms with Gasteiger partial charge in [0.1, 0.15) is 6.04 Å². The first-order valence-corrected chi connectivity index (χ1v) is 7.13. The minimum absolute atomic E-state index is 0.252. The van der Waals surface area contributed by atoms with Gasteiger partial charge >= 0.3 is 11.9 Å². The quantitative estimate of drug-likeness (QED) is 0.879. The number of aliphatic carboxylic acids is 2. The van der Waals surface area contributed by atoms with Crippen LogP contribution in [0.3, 0.4) is 0 Å². The lowest BCUT2D eigenvalue weighted by molar-refractivity contribution is -0.140. The molecule has 22 heavy (non-hydrogen) atoms. The van der Waals surface area contributed by atoms with Crippen LogP contribution in [0.2, 0.25) is 0 Å². The van der Waals surface area contributed by atoms with Crippen LogP contribution in [-0.4, -0.2) is 34.1 Å². The van der Waals surface area contributed by atoms with Gasteiger partial charge in [-0.25, -0.2) is 4.79 Å². The summed E-state index contributed by atoms with van der Waals surface area (Å²) >= 11 is 0. The molecular formula is C16H17NO5. The number of para-hydroxylation sites is 1. The second kappa shape index (κ2) is 4.56. The Labute approximate surface area is 127 Å². The van der Waals surface area contributed by atoms with Crippen molar-refractivity contribution in [2.24, 2.45) is 17.3 Å². The molecule has 6 heteroatoms. The molecule has 116 valence electrons. The van der Waals surface area contributed by atoms with E-state index in [1.165, 1.54) is 4.90 Å². The fourth-order valence-corrected chi connectivity index (χ4v) is 3.57. The van der Waals surface area contributed by atoms with E-state index >= 15 is 0 Å². The molecule has 1 amide bonds. The van der Waals surface area contributed by atoms with Crippen molar-refractivity contribution in [1.82, 2.24) is 0 Å². The van der Waals surface area contributed by atoms with Gasteiger partial charge in [-0.05, 0) is 17.0 Å². The van der Waals surface area contributed by atoms with E-state index in [0.29, 0.717) is 5.69 Å². The van der Waals surface area contributed by atoms with E-state index in [9.17, 15) is 24.6 Å². The molecule has 1 fully saturated rings. The fraction of sp³-hybridized carbons (Fsp3) is 0.438. The number of nitrogens with zero attached hydrogens (tertiary/aromatic N) is 1. The Bertz CT molecular complexity index is 681. The van der Waals surface area contributed by atoms with Crippen molar-refractivity contribution in [2.75, 3.05) is 4.90 Å². The number of hydrogen-bond donors (Lipinski definition) is 2. The molecule has 3 rings (SSSR count). The van der Waals surface area contributed by atoms with Crippen molar-refractivity contribution < 1.29 is 24.6 Å². The van der Waals surface area contributed by atoms with Crippen LogP contribution < -0.4 is 4.90 Å². The summed E-state index contributed by atoms with van der Waals surface area (Å²) in [4.78, 5) is 36.9. The van der Waals surface area contributed by atoms with Crippen molar-refractivity contribution in [1.29, 1.82) is 0 Å². The van der Waals surface area contributed by atoms with Crippen LogP contribution in [0.25, 0.3) is 0 Å². The SMILES string of the molecule is CC1(C)[C@H](C(=O)N2c3ccccc3C[C@H]2C(=O)O)[C@@H]1C(=O)O. The largest absolute Gasteiger partial charge is 0.481 e. The summed E-state index contributed by atoms with van der Waals surface area (Å²) in [6, 6.07) is 6.09. The monoisotopic (exact) mass is 303 g/mol. The van der Waals surface area contributed by atoms with Gasteiger partial charge in [0.15, 0.2) is 0 Å². The summed E-state index contributed by atoms with van der Waals surface area (Å²) in [5.41, 5.74) is 0.726. The highest BCUT2D eigenvalue weighted by Crippen LogP contribution is 2.59. The van der Waals surface area contributed by atoms with Gasteiger partial charge in [0.2, 0.25) is 5.91 Å². The predicted octanol–water partition coefficient (Wildman–Crippen LogP) is 1.39. The first-order chi connectivity index (χ1) is 10.3. The van der Waals surface area contributed by atoms with Crippen LogP contribution in [0.5, 0.6) is 0 Å². The number of rotatable bonds is 3. The second-order valence-corrected chi connectivity index (χ2v) is 6.51. The molecule has 0 saturated heterocycles. The molecule has 0 aromatic heterocycles. The predicted molar refractivity (Wildman–Crippen MR) is 77.5 cm³/mol. The molecule has 2 aliphatic rings. The van der Waals surface area contributed by atoms with Gasteiger partial charge in [0, 0.05) is 12.1 Å². The molecule has 0 radical (unpaired) electrons. The van der Waals surface area contributed by atoms with Gasteiger partial charge in [-0.3, -0.25) is 14.5 Å². The van der Waals surface area contributed by atoms with Crippen LogP contribution in [0.1, 0.15) is 19.4 Å². The topological polar surface area (TPSA) is 94.9 Å². The highest BCUT2D eigenvalue weighted by molar-refractivity contribution is 6.06. The molecule has 1 heterocycles. The number of anilines is 1. The first kappa shape index (κ1) is 14.6. The molecule has 0 unspecified atom stereocenters.